The molecular formula is C12H25Na. The summed E-state index contributed by atoms with van der Waals surface area (Å²) < 4.78 is 0. The second-order valence-corrected chi connectivity index (χ2v) is 3.86. The van der Waals surface area contributed by atoms with Crippen molar-refractivity contribution in [1.82, 2.24) is 0 Å². The molecule has 0 nitrogen and oxygen atoms in total. The predicted molar refractivity (Wildman–Crippen MR) is 57.1 cm³/mol. The normalized spacial score (nSPS) is 12.2. The fraction of sp³-hybridized carbons (Fsp3) is 0.917. The van der Waals surface area contributed by atoms with E-state index in [1.807, 2.05) is 0 Å². The summed E-state index contributed by atoms with van der Waals surface area (Å²) in [5.41, 5.74) is 0. The van der Waals surface area contributed by atoms with E-state index in [1.165, 1.54) is 51.4 Å². The van der Waals surface area contributed by atoms with Crippen LogP contribution >= 0.6 is 0 Å². The summed E-state index contributed by atoms with van der Waals surface area (Å²) in [6.07, 6.45) is 10.9. The molecule has 1 heteroatoms. The van der Waals surface area contributed by atoms with Crippen LogP contribution in [0.5, 0.6) is 0 Å². The molecule has 1 unspecified atom stereocenters. The van der Waals surface area contributed by atoms with Crippen LogP contribution in [0.25, 0.3) is 0 Å². The third kappa shape index (κ3) is 13.0. The predicted octanol–water partition coefficient (Wildman–Crippen LogP) is 1.60. The smallest absolute Gasteiger partial charge is 0.340 e. The van der Waals surface area contributed by atoms with Crippen LogP contribution < -0.4 is 29.6 Å². The molecule has 0 N–H and O–H groups in total. The summed E-state index contributed by atoms with van der Waals surface area (Å²) in [5, 5.41) is 0. The minimum absolute atomic E-state index is 0. The SMILES string of the molecule is [CH2-]C(CCCC)CCCCCC.[Na+]. The number of hydrogen-bond acceptors (Lipinski definition) is 0. The Labute approximate surface area is 107 Å². The van der Waals surface area contributed by atoms with E-state index in [0.29, 0.717) is 0 Å². The average molecular weight is 192 g/mol. The fourth-order valence-corrected chi connectivity index (χ4v) is 1.50. The molecule has 0 aromatic heterocycles. The van der Waals surface area contributed by atoms with E-state index in [1.54, 1.807) is 0 Å². The summed E-state index contributed by atoms with van der Waals surface area (Å²) in [4.78, 5) is 0. The van der Waals surface area contributed by atoms with Crippen LogP contribution in [0.1, 0.15) is 65.2 Å². The van der Waals surface area contributed by atoms with Gasteiger partial charge in [0, 0.05) is 0 Å². The molecule has 0 aromatic rings. The summed E-state index contributed by atoms with van der Waals surface area (Å²) in [6.45, 7) is 8.69. The first kappa shape index (κ1) is 16.4. The van der Waals surface area contributed by atoms with Crippen molar-refractivity contribution in [1.29, 1.82) is 0 Å². The molecule has 0 spiro atoms. The van der Waals surface area contributed by atoms with Crippen LogP contribution in [0.2, 0.25) is 0 Å². The second kappa shape index (κ2) is 13.0. The van der Waals surface area contributed by atoms with Gasteiger partial charge in [-0.1, -0.05) is 65.2 Å². The summed E-state index contributed by atoms with van der Waals surface area (Å²) >= 11 is 0. The third-order valence-corrected chi connectivity index (χ3v) is 2.43. The minimum Gasteiger partial charge on any atom is -0.340 e. The van der Waals surface area contributed by atoms with Crippen molar-refractivity contribution < 1.29 is 29.6 Å². The molecule has 0 aromatic carbocycles. The van der Waals surface area contributed by atoms with Gasteiger partial charge in [0.1, 0.15) is 0 Å². The van der Waals surface area contributed by atoms with Gasteiger partial charge in [0.25, 0.3) is 0 Å². The Balaban J connectivity index is 0. The molecule has 0 saturated carbocycles. The van der Waals surface area contributed by atoms with E-state index in [2.05, 4.69) is 20.8 Å². The summed E-state index contributed by atoms with van der Waals surface area (Å²) in [7, 11) is 0. The topological polar surface area (TPSA) is 0 Å². The molecule has 0 aliphatic heterocycles. The molecule has 0 heterocycles. The Bertz CT molecular complexity index is 81.2. The van der Waals surface area contributed by atoms with Crippen molar-refractivity contribution in [3.63, 3.8) is 0 Å². The molecular weight excluding hydrogens is 167 g/mol. The molecule has 0 amide bonds. The molecule has 0 fully saturated rings. The van der Waals surface area contributed by atoms with Gasteiger partial charge in [0.15, 0.2) is 0 Å². The number of unbranched alkanes of at least 4 members (excludes halogenated alkanes) is 4. The van der Waals surface area contributed by atoms with Crippen molar-refractivity contribution in [2.24, 2.45) is 5.92 Å². The van der Waals surface area contributed by atoms with Gasteiger partial charge < -0.3 is 6.92 Å². The van der Waals surface area contributed by atoms with Crippen LogP contribution in [-0.4, -0.2) is 0 Å². The van der Waals surface area contributed by atoms with Crippen LogP contribution in [-0.2, 0) is 0 Å². The maximum atomic E-state index is 4.17. The van der Waals surface area contributed by atoms with Crippen molar-refractivity contribution in [2.75, 3.05) is 0 Å². The van der Waals surface area contributed by atoms with E-state index in [4.69, 9.17) is 0 Å². The zero-order chi connectivity index (χ0) is 9.23. The first-order chi connectivity index (χ1) is 5.81. The zero-order valence-electron chi connectivity index (χ0n) is 9.94. The molecule has 1 atom stereocenters. The van der Waals surface area contributed by atoms with Gasteiger partial charge in [-0.2, -0.15) is 5.92 Å². The quantitative estimate of drug-likeness (QED) is 0.311. The molecule has 0 radical (unpaired) electrons. The van der Waals surface area contributed by atoms with Gasteiger partial charge in [-0.25, -0.2) is 0 Å². The van der Waals surface area contributed by atoms with E-state index in [9.17, 15) is 0 Å². The molecule has 0 aliphatic rings. The minimum atomic E-state index is 0. The van der Waals surface area contributed by atoms with Crippen LogP contribution in [0, 0.1) is 12.8 Å². The molecule has 0 saturated heterocycles. The van der Waals surface area contributed by atoms with E-state index in [0.717, 1.165) is 5.92 Å². The molecule has 74 valence electrons. The number of hydrogen-bond donors (Lipinski definition) is 0. The third-order valence-electron chi connectivity index (χ3n) is 2.43. The van der Waals surface area contributed by atoms with Crippen molar-refractivity contribution in [2.45, 2.75) is 65.2 Å². The Morgan fingerprint density at radius 3 is 1.92 bits per heavy atom. The zero-order valence-corrected chi connectivity index (χ0v) is 11.9. The van der Waals surface area contributed by atoms with Crippen molar-refractivity contribution in [3.05, 3.63) is 6.92 Å². The second-order valence-electron chi connectivity index (χ2n) is 3.86. The van der Waals surface area contributed by atoms with Gasteiger partial charge in [0.05, 0.1) is 0 Å². The van der Waals surface area contributed by atoms with Gasteiger partial charge in [-0.3, -0.25) is 0 Å². The number of rotatable bonds is 8. The molecule has 0 rings (SSSR count). The summed E-state index contributed by atoms with van der Waals surface area (Å²) in [5.74, 6) is 0.724. The van der Waals surface area contributed by atoms with Gasteiger partial charge in [0.2, 0.25) is 0 Å². The van der Waals surface area contributed by atoms with Crippen molar-refractivity contribution in [3.8, 4) is 0 Å². The fourth-order valence-electron chi connectivity index (χ4n) is 1.50. The summed E-state index contributed by atoms with van der Waals surface area (Å²) in [6, 6.07) is 0. The Kier molecular flexibility index (Phi) is 16.4. The maximum Gasteiger partial charge on any atom is 1.00 e. The Morgan fingerprint density at radius 1 is 0.846 bits per heavy atom. The molecule has 0 aliphatic carbocycles. The van der Waals surface area contributed by atoms with Gasteiger partial charge in [-0.05, 0) is 0 Å². The average Bonchev–Trinajstić information content (AvgIpc) is 2.09. The van der Waals surface area contributed by atoms with Gasteiger partial charge >= 0.3 is 29.6 Å². The van der Waals surface area contributed by atoms with E-state index >= 15 is 0 Å². The monoisotopic (exact) mass is 192 g/mol. The standard InChI is InChI=1S/C12H25.Na/c1-4-6-8-9-11-12(3)10-7-5-2;/h12H,3-11H2,1-2H3;/q-1;+1. The maximum absolute atomic E-state index is 4.17. The van der Waals surface area contributed by atoms with E-state index in [-0.39, 0.29) is 29.6 Å². The van der Waals surface area contributed by atoms with Crippen LogP contribution in [0.4, 0.5) is 0 Å². The first-order valence-electron chi connectivity index (χ1n) is 5.64. The largest absolute Gasteiger partial charge is 1.00 e. The molecule has 0 bridgehead atoms. The first-order valence-corrected chi connectivity index (χ1v) is 5.64. The van der Waals surface area contributed by atoms with E-state index < -0.39 is 0 Å². The Morgan fingerprint density at radius 2 is 1.38 bits per heavy atom. The van der Waals surface area contributed by atoms with Crippen LogP contribution in [0.15, 0.2) is 0 Å². The van der Waals surface area contributed by atoms with Gasteiger partial charge in [-0.15, -0.1) is 0 Å². The van der Waals surface area contributed by atoms with Crippen LogP contribution in [0.3, 0.4) is 0 Å². The molecule has 13 heavy (non-hydrogen) atoms. The Hall–Kier alpha value is 1.00. The van der Waals surface area contributed by atoms with Crippen molar-refractivity contribution >= 4 is 0 Å².